The number of hydrogen-bond acceptors (Lipinski definition) is 5. The second kappa shape index (κ2) is 7.75. The van der Waals surface area contributed by atoms with Gasteiger partial charge in [0, 0.05) is 23.4 Å². The van der Waals surface area contributed by atoms with E-state index in [4.69, 9.17) is 0 Å². The topological polar surface area (TPSA) is 103 Å². The summed E-state index contributed by atoms with van der Waals surface area (Å²) in [4.78, 5) is 24.4. The average molecular weight is 401 g/mol. The molecule has 4 rings (SSSR count). The number of rotatable bonds is 5. The van der Waals surface area contributed by atoms with Crippen LogP contribution in [0.15, 0.2) is 66.7 Å². The first-order chi connectivity index (χ1) is 14.4. The van der Waals surface area contributed by atoms with Crippen molar-refractivity contribution < 1.29 is 9.72 Å². The summed E-state index contributed by atoms with van der Waals surface area (Å²) in [6, 6.07) is 18.8. The number of nitrogens with one attached hydrogen (secondary N) is 1. The Morgan fingerprint density at radius 1 is 1.00 bits per heavy atom. The number of fused-ring (bicyclic) bond motifs is 1. The van der Waals surface area contributed by atoms with E-state index in [9.17, 15) is 14.9 Å². The van der Waals surface area contributed by atoms with Gasteiger partial charge in [-0.25, -0.2) is 0 Å². The number of non-ortho nitro benzene ring substituents is 1. The monoisotopic (exact) mass is 401 g/mol. The van der Waals surface area contributed by atoms with Crippen LogP contribution in [0.25, 0.3) is 16.7 Å². The van der Waals surface area contributed by atoms with Gasteiger partial charge in [-0.15, -0.1) is 10.2 Å². The largest absolute Gasteiger partial charge is 0.322 e. The highest BCUT2D eigenvalue weighted by atomic mass is 16.6. The number of nitrogens with zero attached hydrogens (tertiary/aromatic N) is 4. The van der Waals surface area contributed by atoms with Gasteiger partial charge in [0.15, 0.2) is 0 Å². The SMILES string of the molecule is CC(C)c1ccc(-n2nc3ccc(NC(=O)c4cccc([N+](=O)[O-])c4)cc3n2)cc1. The Morgan fingerprint density at radius 2 is 1.73 bits per heavy atom. The van der Waals surface area contributed by atoms with E-state index in [1.165, 1.54) is 29.8 Å². The summed E-state index contributed by atoms with van der Waals surface area (Å²) in [6.07, 6.45) is 0. The van der Waals surface area contributed by atoms with Crippen LogP contribution < -0.4 is 5.32 Å². The van der Waals surface area contributed by atoms with Gasteiger partial charge < -0.3 is 5.32 Å². The summed E-state index contributed by atoms with van der Waals surface area (Å²) in [5.74, 6) is 0.00985. The van der Waals surface area contributed by atoms with Gasteiger partial charge in [-0.05, 0) is 47.9 Å². The number of anilines is 1. The van der Waals surface area contributed by atoms with Gasteiger partial charge >= 0.3 is 0 Å². The number of nitro benzene ring substituents is 1. The molecule has 0 fully saturated rings. The minimum absolute atomic E-state index is 0.135. The van der Waals surface area contributed by atoms with Crippen LogP contribution >= 0.6 is 0 Å². The molecule has 0 atom stereocenters. The van der Waals surface area contributed by atoms with Crippen LogP contribution in [0.2, 0.25) is 0 Å². The Balaban J connectivity index is 1.57. The number of nitro groups is 1. The predicted molar refractivity (Wildman–Crippen MR) is 114 cm³/mol. The fourth-order valence-corrected chi connectivity index (χ4v) is 3.06. The van der Waals surface area contributed by atoms with Crippen LogP contribution in [0.5, 0.6) is 0 Å². The molecule has 0 aliphatic heterocycles. The number of amides is 1. The molecule has 8 heteroatoms. The van der Waals surface area contributed by atoms with Crippen molar-refractivity contribution in [1.29, 1.82) is 0 Å². The van der Waals surface area contributed by atoms with E-state index in [1.807, 2.05) is 12.1 Å². The van der Waals surface area contributed by atoms with Gasteiger partial charge in [-0.2, -0.15) is 4.80 Å². The zero-order valence-electron chi connectivity index (χ0n) is 16.4. The molecule has 30 heavy (non-hydrogen) atoms. The molecule has 1 aromatic heterocycles. The highest BCUT2D eigenvalue weighted by molar-refractivity contribution is 6.05. The summed E-state index contributed by atoms with van der Waals surface area (Å²) < 4.78 is 0. The Labute approximate surface area is 172 Å². The van der Waals surface area contributed by atoms with Crippen LogP contribution in [0.1, 0.15) is 35.7 Å². The minimum atomic E-state index is -0.533. The average Bonchev–Trinajstić information content (AvgIpc) is 3.17. The first kappa shape index (κ1) is 19.3. The number of carbonyl (C=O) groups excluding carboxylic acids is 1. The van der Waals surface area contributed by atoms with Crippen LogP contribution in [0.4, 0.5) is 11.4 Å². The quantitative estimate of drug-likeness (QED) is 0.385. The van der Waals surface area contributed by atoms with Crippen molar-refractivity contribution in [2.75, 3.05) is 5.32 Å². The zero-order chi connectivity index (χ0) is 21.3. The third-order valence-electron chi connectivity index (χ3n) is 4.75. The highest BCUT2D eigenvalue weighted by Gasteiger charge is 2.13. The smallest absolute Gasteiger partial charge is 0.270 e. The molecule has 1 N–H and O–H groups in total. The zero-order valence-corrected chi connectivity index (χ0v) is 16.4. The molecule has 0 radical (unpaired) electrons. The maximum absolute atomic E-state index is 12.5. The molecule has 1 amide bonds. The maximum atomic E-state index is 12.5. The van der Waals surface area contributed by atoms with Crippen molar-refractivity contribution >= 4 is 28.3 Å². The molecule has 0 saturated carbocycles. The molecule has 3 aromatic carbocycles. The third-order valence-corrected chi connectivity index (χ3v) is 4.75. The molecule has 150 valence electrons. The number of carbonyl (C=O) groups is 1. The fraction of sp³-hybridized carbons (Fsp3) is 0.136. The molecule has 0 aliphatic carbocycles. The first-order valence-corrected chi connectivity index (χ1v) is 9.44. The van der Waals surface area contributed by atoms with Crippen LogP contribution in [-0.4, -0.2) is 25.8 Å². The Hall–Kier alpha value is -4.07. The van der Waals surface area contributed by atoms with Gasteiger partial charge in [0.2, 0.25) is 0 Å². The second-order valence-corrected chi connectivity index (χ2v) is 7.20. The summed E-state index contributed by atoms with van der Waals surface area (Å²) in [6.45, 7) is 4.28. The van der Waals surface area contributed by atoms with Gasteiger partial charge in [0.1, 0.15) is 11.0 Å². The van der Waals surface area contributed by atoms with Gasteiger partial charge in [-0.1, -0.05) is 32.0 Å². The van der Waals surface area contributed by atoms with E-state index in [1.54, 1.807) is 23.0 Å². The van der Waals surface area contributed by atoms with Gasteiger partial charge in [-0.3, -0.25) is 14.9 Å². The standard InChI is InChI=1S/C22H19N5O3/c1-14(2)15-6-9-18(10-7-15)26-24-20-11-8-17(13-21(20)25-26)23-22(28)16-4-3-5-19(12-16)27(29)30/h3-14H,1-2H3,(H,23,28). The molecule has 0 bridgehead atoms. The Kier molecular flexibility index (Phi) is 4.97. The molecule has 8 nitrogen and oxygen atoms in total. The summed E-state index contributed by atoms with van der Waals surface area (Å²) in [5.41, 5.74) is 4.00. The third kappa shape index (κ3) is 3.88. The summed E-state index contributed by atoms with van der Waals surface area (Å²) in [7, 11) is 0. The lowest BCUT2D eigenvalue weighted by molar-refractivity contribution is -0.384. The van der Waals surface area contributed by atoms with Crippen molar-refractivity contribution in [3.63, 3.8) is 0 Å². The fourth-order valence-electron chi connectivity index (χ4n) is 3.06. The van der Waals surface area contributed by atoms with Crippen molar-refractivity contribution in [3.8, 4) is 5.69 Å². The molecular formula is C22H19N5O3. The van der Waals surface area contributed by atoms with Gasteiger partial charge in [0.25, 0.3) is 11.6 Å². The summed E-state index contributed by atoms with van der Waals surface area (Å²) >= 11 is 0. The van der Waals surface area contributed by atoms with E-state index < -0.39 is 10.8 Å². The van der Waals surface area contributed by atoms with E-state index >= 15 is 0 Å². The first-order valence-electron chi connectivity index (χ1n) is 9.44. The van der Waals surface area contributed by atoms with Crippen LogP contribution in [0, 0.1) is 10.1 Å². The predicted octanol–water partition coefficient (Wildman–Crippen LogP) is 4.70. The van der Waals surface area contributed by atoms with E-state index in [0.717, 1.165) is 5.69 Å². The minimum Gasteiger partial charge on any atom is -0.322 e. The molecule has 0 saturated heterocycles. The van der Waals surface area contributed by atoms with Crippen LogP contribution in [-0.2, 0) is 0 Å². The lowest BCUT2D eigenvalue weighted by Crippen LogP contribution is -2.12. The van der Waals surface area contributed by atoms with Crippen molar-refractivity contribution in [2.24, 2.45) is 0 Å². The molecule has 0 spiro atoms. The number of aromatic nitrogens is 3. The van der Waals surface area contributed by atoms with E-state index in [2.05, 4.69) is 41.5 Å². The van der Waals surface area contributed by atoms with Crippen molar-refractivity contribution in [3.05, 3.63) is 88.0 Å². The number of benzene rings is 3. The number of hydrogen-bond donors (Lipinski definition) is 1. The molecule has 0 unspecified atom stereocenters. The molecule has 1 heterocycles. The second-order valence-electron chi connectivity index (χ2n) is 7.20. The lowest BCUT2D eigenvalue weighted by Gasteiger charge is -2.05. The van der Waals surface area contributed by atoms with Crippen LogP contribution in [0.3, 0.4) is 0 Å². The molecule has 0 aliphatic rings. The lowest BCUT2D eigenvalue weighted by atomic mass is 10.0. The van der Waals surface area contributed by atoms with Gasteiger partial charge in [0.05, 0.1) is 10.6 Å². The normalized spacial score (nSPS) is 11.0. The highest BCUT2D eigenvalue weighted by Crippen LogP contribution is 2.21. The Bertz CT molecular complexity index is 1250. The molecule has 4 aromatic rings. The van der Waals surface area contributed by atoms with Crippen molar-refractivity contribution in [1.82, 2.24) is 15.0 Å². The summed E-state index contributed by atoms with van der Waals surface area (Å²) in [5, 5.41) is 22.6. The molecular weight excluding hydrogens is 382 g/mol. The van der Waals surface area contributed by atoms with E-state index in [-0.39, 0.29) is 11.3 Å². The Morgan fingerprint density at radius 3 is 2.43 bits per heavy atom. The van der Waals surface area contributed by atoms with E-state index in [0.29, 0.717) is 22.6 Å². The maximum Gasteiger partial charge on any atom is 0.270 e. The van der Waals surface area contributed by atoms with Crippen molar-refractivity contribution in [2.45, 2.75) is 19.8 Å².